The number of hydrogen-bond acceptors (Lipinski definition) is 2. The number of amides is 1. The average molecular weight is 318 g/mol. The second kappa shape index (κ2) is 6.85. The van der Waals surface area contributed by atoms with Crippen molar-refractivity contribution in [1.82, 2.24) is 5.32 Å². The van der Waals surface area contributed by atoms with Crippen molar-refractivity contribution in [2.24, 2.45) is 5.92 Å². The largest absolute Gasteiger partial charge is 0.391 e. The predicted octanol–water partition coefficient (Wildman–Crippen LogP) is 2.73. The third-order valence-corrected chi connectivity index (χ3v) is 3.60. The number of rotatable bonds is 5. The van der Waals surface area contributed by atoms with Gasteiger partial charge in [-0.25, -0.2) is 4.39 Å². The second-order valence-electron chi connectivity index (χ2n) is 4.29. The van der Waals surface area contributed by atoms with Crippen LogP contribution in [-0.4, -0.2) is 23.7 Å². The van der Waals surface area contributed by atoms with Gasteiger partial charge in [-0.05, 0) is 40.0 Å². The molecule has 2 N–H and O–H groups in total. The van der Waals surface area contributed by atoms with E-state index in [1.165, 1.54) is 18.2 Å². The number of carbonyl (C=O) groups is 1. The van der Waals surface area contributed by atoms with Gasteiger partial charge >= 0.3 is 0 Å². The molecule has 100 valence electrons. The lowest BCUT2D eigenvalue weighted by Crippen LogP contribution is -2.35. The van der Waals surface area contributed by atoms with Crippen LogP contribution < -0.4 is 5.32 Å². The average Bonchev–Trinajstić information content (AvgIpc) is 2.34. The van der Waals surface area contributed by atoms with E-state index in [1.807, 2.05) is 13.8 Å². The molecule has 0 fully saturated rings. The second-order valence-corrected chi connectivity index (χ2v) is 5.14. The fraction of sp³-hybridized carbons (Fsp3) is 0.462. The highest BCUT2D eigenvalue weighted by Crippen LogP contribution is 2.18. The molecule has 5 heteroatoms. The molecule has 0 aliphatic heterocycles. The molecule has 0 spiro atoms. The third-order valence-electron chi connectivity index (χ3n) is 2.95. The maximum atomic E-state index is 12.9. The lowest BCUT2D eigenvalue weighted by Gasteiger charge is -2.17. The van der Waals surface area contributed by atoms with Gasteiger partial charge in [0.2, 0.25) is 0 Å². The number of hydrogen-bond donors (Lipinski definition) is 2. The maximum absolute atomic E-state index is 12.9. The summed E-state index contributed by atoms with van der Waals surface area (Å²) in [5.41, 5.74) is 0.354. The van der Waals surface area contributed by atoms with Crippen LogP contribution in [0.1, 0.15) is 30.6 Å². The van der Waals surface area contributed by atoms with Crippen molar-refractivity contribution in [2.45, 2.75) is 26.4 Å². The van der Waals surface area contributed by atoms with Crippen LogP contribution >= 0.6 is 15.9 Å². The number of aliphatic hydroxyl groups excluding tert-OH is 1. The van der Waals surface area contributed by atoms with E-state index in [2.05, 4.69) is 21.2 Å². The Hall–Kier alpha value is -0.940. The Morgan fingerprint density at radius 1 is 1.56 bits per heavy atom. The summed E-state index contributed by atoms with van der Waals surface area (Å²) in [4.78, 5) is 11.8. The first-order valence-corrected chi connectivity index (χ1v) is 6.66. The fourth-order valence-corrected chi connectivity index (χ4v) is 1.97. The Morgan fingerprint density at radius 2 is 2.22 bits per heavy atom. The molecule has 18 heavy (non-hydrogen) atoms. The normalized spacial score (nSPS) is 14.1. The molecule has 2 atom stereocenters. The molecular weight excluding hydrogens is 301 g/mol. The highest BCUT2D eigenvalue weighted by molar-refractivity contribution is 9.10. The highest BCUT2D eigenvalue weighted by atomic mass is 79.9. The Bertz CT molecular complexity index is 425. The van der Waals surface area contributed by atoms with Crippen LogP contribution in [0.15, 0.2) is 22.7 Å². The smallest absolute Gasteiger partial charge is 0.252 e. The number of benzene rings is 1. The first-order valence-electron chi connectivity index (χ1n) is 5.87. The summed E-state index contributed by atoms with van der Waals surface area (Å²) >= 11 is 3.13. The van der Waals surface area contributed by atoms with Gasteiger partial charge in [0.05, 0.1) is 11.7 Å². The standard InChI is InChI=1S/C13H17BrFNO2/c1-3-8(2)12(17)7-16-13(18)10-5-4-9(15)6-11(10)14/h4-6,8,12,17H,3,7H2,1-2H3,(H,16,18). The third kappa shape index (κ3) is 4.07. The van der Waals surface area contributed by atoms with E-state index in [0.717, 1.165) is 6.42 Å². The maximum Gasteiger partial charge on any atom is 0.252 e. The van der Waals surface area contributed by atoms with Gasteiger partial charge in [0.1, 0.15) is 5.82 Å². The number of nitrogens with one attached hydrogen (secondary N) is 1. The quantitative estimate of drug-likeness (QED) is 0.877. The fourth-order valence-electron chi connectivity index (χ4n) is 1.44. The van der Waals surface area contributed by atoms with Gasteiger partial charge in [0.15, 0.2) is 0 Å². The molecular formula is C13H17BrFNO2. The molecule has 0 bridgehead atoms. The van der Waals surface area contributed by atoms with Gasteiger partial charge in [0, 0.05) is 11.0 Å². The van der Waals surface area contributed by atoms with Crippen LogP contribution in [-0.2, 0) is 0 Å². The van der Waals surface area contributed by atoms with E-state index in [1.54, 1.807) is 0 Å². The molecule has 0 aromatic heterocycles. The number of halogens is 2. The molecule has 1 aromatic rings. The molecule has 0 saturated heterocycles. The zero-order valence-corrected chi connectivity index (χ0v) is 12.0. The molecule has 0 radical (unpaired) electrons. The monoisotopic (exact) mass is 317 g/mol. The summed E-state index contributed by atoms with van der Waals surface area (Å²) < 4.78 is 13.3. The van der Waals surface area contributed by atoms with E-state index >= 15 is 0 Å². The molecule has 0 saturated carbocycles. The van der Waals surface area contributed by atoms with Crippen molar-refractivity contribution >= 4 is 21.8 Å². The number of carbonyl (C=O) groups excluding carboxylic acids is 1. The lowest BCUT2D eigenvalue weighted by molar-refractivity contribution is 0.0849. The highest BCUT2D eigenvalue weighted by Gasteiger charge is 2.15. The van der Waals surface area contributed by atoms with Crippen LogP contribution in [0.5, 0.6) is 0 Å². The van der Waals surface area contributed by atoms with Crippen molar-refractivity contribution in [3.8, 4) is 0 Å². The minimum absolute atomic E-state index is 0.127. The van der Waals surface area contributed by atoms with E-state index < -0.39 is 11.9 Å². The summed E-state index contributed by atoms with van der Waals surface area (Å²) in [7, 11) is 0. The molecule has 1 aromatic carbocycles. The molecule has 0 aliphatic carbocycles. The Labute approximate surface area is 115 Å². The zero-order valence-electron chi connectivity index (χ0n) is 10.4. The summed E-state index contributed by atoms with van der Waals surface area (Å²) in [6.45, 7) is 4.09. The van der Waals surface area contributed by atoms with Crippen molar-refractivity contribution in [1.29, 1.82) is 0 Å². The summed E-state index contributed by atoms with van der Waals surface area (Å²) in [5, 5.41) is 12.4. The van der Waals surface area contributed by atoms with Gasteiger partial charge in [0.25, 0.3) is 5.91 Å². The summed E-state index contributed by atoms with van der Waals surface area (Å²) in [6, 6.07) is 3.87. The number of aliphatic hydroxyl groups is 1. The van der Waals surface area contributed by atoms with E-state index in [9.17, 15) is 14.3 Å². The van der Waals surface area contributed by atoms with Crippen molar-refractivity contribution in [3.63, 3.8) is 0 Å². The minimum Gasteiger partial charge on any atom is -0.391 e. The van der Waals surface area contributed by atoms with Gasteiger partial charge in [-0.3, -0.25) is 4.79 Å². The van der Waals surface area contributed by atoms with Crippen molar-refractivity contribution in [3.05, 3.63) is 34.1 Å². The van der Waals surface area contributed by atoms with Crippen LogP contribution in [0, 0.1) is 11.7 Å². The molecule has 0 aliphatic rings. The molecule has 3 nitrogen and oxygen atoms in total. The predicted molar refractivity (Wildman–Crippen MR) is 71.9 cm³/mol. The molecule has 2 unspecified atom stereocenters. The molecule has 1 rings (SSSR count). The topological polar surface area (TPSA) is 49.3 Å². The van der Waals surface area contributed by atoms with Gasteiger partial charge < -0.3 is 10.4 Å². The Balaban J connectivity index is 2.60. The first-order chi connectivity index (χ1) is 8.45. The zero-order chi connectivity index (χ0) is 13.7. The Morgan fingerprint density at radius 3 is 2.78 bits per heavy atom. The van der Waals surface area contributed by atoms with E-state index in [-0.39, 0.29) is 18.4 Å². The SMILES string of the molecule is CCC(C)C(O)CNC(=O)c1ccc(F)cc1Br. The van der Waals surface area contributed by atoms with Gasteiger partial charge in [-0.1, -0.05) is 20.3 Å². The van der Waals surface area contributed by atoms with Gasteiger partial charge in [-0.2, -0.15) is 0 Å². The van der Waals surface area contributed by atoms with Crippen LogP contribution in [0.3, 0.4) is 0 Å². The molecule has 1 amide bonds. The van der Waals surface area contributed by atoms with Crippen LogP contribution in [0.25, 0.3) is 0 Å². The van der Waals surface area contributed by atoms with Crippen LogP contribution in [0.2, 0.25) is 0 Å². The Kier molecular flexibility index (Phi) is 5.75. The van der Waals surface area contributed by atoms with Crippen molar-refractivity contribution in [2.75, 3.05) is 6.54 Å². The van der Waals surface area contributed by atoms with E-state index in [0.29, 0.717) is 10.0 Å². The van der Waals surface area contributed by atoms with E-state index in [4.69, 9.17) is 0 Å². The first kappa shape index (κ1) is 15.1. The van der Waals surface area contributed by atoms with Gasteiger partial charge in [-0.15, -0.1) is 0 Å². The lowest BCUT2D eigenvalue weighted by atomic mass is 10.0. The molecule has 0 heterocycles. The summed E-state index contributed by atoms with van der Waals surface area (Å²) in [6.07, 6.45) is 0.273. The minimum atomic E-state index is -0.571. The van der Waals surface area contributed by atoms with Crippen molar-refractivity contribution < 1.29 is 14.3 Å². The van der Waals surface area contributed by atoms with Crippen LogP contribution in [0.4, 0.5) is 4.39 Å². The summed E-state index contributed by atoms with van der Waals surface area (Å²) in [5.74, 6) is -0.607.